The summed E-state index contributed by atoms with van der Waals surface area (Å²) in [6.45, 7) is 1.97. The van der Waals surface area contributed by atoms with E-state index >= 15 is 0 Å². The highest BCUT2D eigenvalue weighted by atomic mass is 16.5. The van der Waals surface area contributed by atoms with Gasteiger partial charge >= 0.3 is 5.97 Å². The topological polar surface area (TPSA) is 55.8 Å². The molecule has 1 atom stereocenters. The van der Waals surface area contributed by atoms with Crippen molar-refractivity contribution in [2.75, 3.05) is 0 Å². The number of carbonyl (C=O) groups is 1. The molecule has 3 aromatic rings. The Kier molecular flexibility index (Phi) is 5.54. The molecule has 0 spiro atoms. The van der Waals surface area contributed by atoms with Crippen LogP contribution in [0.25, 0.3) is 0 Å². The molecule has 3 aromatic carbocycles. The number of carboxylic acids is 1. The van der Waals surface area contributed by atoms with E-state index in [2.05, 4.69) is 0 Å². The second-order valence-electron chi connectivity index (χ2n) is 5.98. The van der Waals surface area contributed by atoms with E-state index in [-0.39, 0.29) is 6.42 Å². The van der Waals surface area contributed by atoms with Crippen LogP contribution in [0.1, 0.15) is 11.1 Å². The van der Waals surface area contributed by atoms with Crippen LogP contribution in [0.15, 0.2) is 78.9 Å². The molecule has 0 aromatic heterocycles. The zero-order valence-electron chi connectivity index (χ0n) is 14.5. The van der Waals surface area contributed by atoms with Crippen LogP contribution >= 0.6 is 0 Å². The number of carboxylic acid groups (broad SMARTS) is 1. The maximum Gasteiger partial charge on any atom is 0.345 e. The van der Waals surface area contributed by atoms with Crippen molar-refractivity contribution in [1.82, 2.24) is 0 Å². The summed E-state index contributed by atoms with van der Waals surface area (Å²) in [6, 6.07) is 24.1. The van der Waals surface area contributed by atoms with Gasteiger partial charge in [0.25, 0.3) is 0 Å². The van der Waals surface area contributed by atoms with Gasteiger partial charge in [-0.25, -0.2) is 4.79 Å². The third kappa shape index (κ3) is 4.63. The van der Waals surface area contributed by atoms with Crippen LogP contribution in [0.2, 0.25) is 0 Å². The predicted octanol–water partition coefficient (Wildman–Crippen LogP) is 4.86. The second-order valence-corrected chi connectivity index (χ2v) is 5.98. The van der Waals surface area contributed by atoms with Crippen molar-refractivity contribution < 1.29 is 19.4 Å². The smallest absolute Gasteiger partial charge is 0.345 e. The highest BCUT2D eigenvalue weighted by Crippen LogP contribution is 2.27. The fourth-order valence-electron chi connectivity index (χ4n) is 2.55. The summed E-state index contributed by atoms with van der Waals surface area (Å²) in [5, 5.41) is 9.57. The Labute approximate surface area is 152 Å². The minimum atomic E-state index is -1.01. The zero-order chi connectivity index (χ0) is 18.4. The maximum absolute atomic E-state index is 11.7. The molecule has 3 rings (SSSR count). The van der Waals surface area contributed by atoms with Crippen molar-refractivity contribution in [3.05, 3.63) is 90.0 Å². The molecule has 1 N–H and O–H groups in total. The maximum atomic E-state index is 11.7. The number of hydrogen-bond donors (Lipinski definition) is 1. The van der Waals surface area contributed by atoms with Crippen molar-refractivity contribution in [3.63, 3.8) is 0 Å². The fourth-order valence-corrected chi connectivity index (χ4v) is 2.55. The van der Waals surface area contributed by atoms with Crippen LogP contribution in [0.4, 0.5) is 0 Å². The SMILES string of the molecule is Cc1ccc(OC(Cc2ccccc2Oc2ccccc2)C(=O)O)cc1. The number of aliphatic carboxylic acids is 1. The summed E-state index contributed by atoms with van der Waals surface area (Å²) < 4.78 is 11.6. The Morgan fingerprint density at radius 2 is 1.54 bits per heavy atom. The van der Waals surface area contributed by atoms with E-state index in [0.717, 1.165) is 11.1 Å². The molecular weight excluding hydrogens is 328 g/mol. The molecule has 0 aliphatic carbocycles. The van der Waals surface area contributed by atoms with Crippen LogP contribution in [0.5, 0.6) is 17.2 Å². The van der Waals surface area contributed by atoms with E-state index in [1.54, 1.807) is 12.1 Å². The van der Waals surface area contributed by atoms with Crippen molar-refractivity contribution in [2.45, 2.75) is 19.4 Å². The van der Waals surface area contributed by atoms with Gasteiger partial charge in [0.15, 0.2) is 6.10 Å². The summed E-state index contributed by atoms with van der Waals surface area (Å²) in [5.41, 5.74) is 1.86. The molecule has 4 nitrogen and oxygen atoms in total. The Bertz CT molecular complexity index is 857. The standard InChI is InChI=1S/C22H20O4/c1-16-11-13-19(14-12-16)26-21(22(23)24)15-17-7-5-6-10-20(17)25-18-8-3-2-4-9-18/h2-14,21H,15H2,1H3,(H,23,24). The average molecular weight is 348 g/mol. The lowest BCUT2D eigenvalue weighted by atomic mass is 10.1. The van der Waals surface area contributed by atoms with Crippen LogP contribution in [0, 0.1) is 6.92 Å². The van der Waals surface area contributed by atoms with Gasteiger partial charge in [0.1, 0.15) is 17.2 Å². The van der Waals surface area contributed by atoms with E-state index in [4.69, 9.17) is 9.47 Å². The van der Waals surface area contributed by atoms with Gasteiger partial charge in [-0.15, -0.1) is 0 Å². The molecular formula is C22H20O4. The fraction of sp³-hybridized carbons (Fsp3) is 0.136. The molecule has 132 valence electrons. The number of aryl methyl sites for hydroxylation is 1. The van der Waals surface area contributed by atoms with Gasteiger partial charge < -0.3 is 14.6 Å². The molecule has 0 saturated heterocycles. The molecule has 0 bridgehead atoms. The zero-order valence-corrected chi connectivity index (χ0v) is 14.5. The molecule has 0 heterocycles. The third-order valence-electron chi connectivity index (χ3n) is 3.92. The first-order chi connectivity index (χ1) is 12.6. The highest BCUT2D eigenvalue weighted by molar-refractivity contribution is 5.73. The first-order valence-electron chi connectivity index (χ1n) is 8.39. The van der Waals surface area contributed by atoms with E-state index in [1.165, 1.54) is 0 Å². The van der Waals surface area contributed by atoms with Crippen LogP contribution in [0.3, 0.4) is 0 Å². The largest absolute Gasteiger partial charge is 0.478 e. The highest BCUT2D eigenvalue weighted by Gasteiger charge is 2.22. The number of benzene rings is 3. The third-order valence-corrected chi connectivity index (χ3v) is 3.92. The monoisotopic (exact) mass is 348 g/mol. The first kappa shape index (κ1) is 17.5. The van der Waals surface area contributed by atoms with Crippen molar-refractivity contribution in [3.8, 4) is 17.2 Å². The van der Waals surface area contributed by atoms with E-state index in [9.17, 15) is 9.90 Å². The molecule has 26 heavy (non-hydrogen) atoms. The summed E-state index contributed by atoms with van der Waals surface area (Å²) in [4.78, 5) is 11.7. The van der Waals surface area contributed by atoms with E-state index < -0.39 is 12.1 Å². The normalized spacial score (nSPS) is 11.6. The van der Waals surface area contributed by atoms with E-state index in [1.807, 2.05) is 73.7 Å². The first-order valence-corrected chi connectivity index (χ1v) is 8.39. The molecule has 0 aliphatic heterocycles. The lowest BCUT2D eigenvalue weighted by Crippen LogP contribution is -2.29. The minimum Gasteiger partial charge on any atom is -0.478 e. The Balaban J connectivity index is 1.79. The van der Waals surface area contributed by atoms with Crippen LogP contribution < -0.4 is 9.47 Å². The summed E-state index contributed by atoms with van der Waals surface area (Å²) in [6.07, 6.45) is -0.801. The Hall–Kier alpha value is -3.27. The van der Waals surface area contributed by atoms with Gasteiger partial charge in [-0.3, -0.25) is 0 Å². The predicted molar refractivity (Wildman–Crippen MR) is 99.9 cm³/mol. The molecule has 0 aliphatic rings. The molecule has 4 heteroatoms. The van der Waals surface area contributed by atoms with Gasteiger partial charge in [0.05, 0.1) is 0 Å². The van der Waals surface area contributed by atoms with Gasteiger partial charge in [0, 0.05) is 6.42 Å². The molecule has 0 amide bonds. The number of rotatable bonds is 7. The average Bonchev–Trinajstić information content (AvgIpc) is 2.65. The number of para-hydroxylation sites is 2. The lowest BCUT2D eigenvalue weighted by Gasteiger charge is -2.17. The summed E-state index contributed by atoms with van der Waals surface area (Å²) >= 11 is 0. The van der Waals surface area contributed by atoms with Crippen molar-refractivity contribution in [1.29, 1.82) is 0 Å². The van der Waals surface area contributed by atoms with Gasteiger partial charge in [0.2, 0.25) is 0 Å². The van der Waals surface area contributed by atoms with Gasteiger partial charge in [-0.05, 0) is 42.8 Å². The van der Waals surface area contributed by atoms with Crippen molar-refractivity contribution >= 4 is 5.97 Å². The van der Waals surface area contributed by atoms with Crippen LogP contribution in [-0.2, 0) is 11.2 Å². The number of hydrogen-bond acceptors (Lipinski definition) is 3. The van der Waals surface area contributed by atoms with Crippen LogP contribution in [-0.4, -0.2) is 17.2 Å². The Morgan fingerprint density at radius 1 is 0.885 bits per heavy atom. The summed E-state index contributed by atoms with van der Waals surface area (Å²) in [7, 11) is 0. The van der Waals surface area contributed by atoms with Gasteiger partial charge in [-0.1, -0.05) is 54.1 Å². The molecule has 1 unspecified atom stereocenters. The molecule has 0 fully saturated rings. The minimum absolute atomic E-state index is 0.201. The molecule has 0 saturated carbocycles. The number of ether oxygens (including phenoxy) is 2. The Morgan fingerprint density at radius 3 is 2.23 bits per heavy atom. The summed E-state index contributed by atoms with van der Waals surface area (Å²) in [5.74, 6) is 0.841. The second kappa shape index (κ2) is 8.21. The quantitative estimate of drug-likeness (QED) is 0.662. The van der Waals surface area contributed by atoms with Crippen molar-refractivity contribution in [2.24, 2.45) is 0 Å². The lowest BCUT2D eigenvalue weighted by molar-refractivity contribution is -0.145. The van der Waals surface area contributed by atoms with E-state index in [0.29, 0.717) is 17.2 Å². The van der Waals surface area contributed by atoms with Gasteiger partial charge in [-0.2, -0.15) is 0 Å². The molecule has 0 radical (unpaired) electrons.